The van der Waals surface area contributed by atoms with Gasteiger partial charge in [0, 0.05) is 20.0 Å². The van der Waals surface area contributed by atoms with Gasteiger partial charge < -0.3 is 20.6 Å². The number of aliphatic carboxylic acids is 1. The van der Waals surface area contributed by atoms with Crippen LogP contribution in [0.25, 0.3) is 0 Å². The first-order valence-corrected chi connectivity index (χ1v) is 10.7. The number of carbonyl (C=O) groups is 2. The van der Waals surface area contributed by atoms with E-state index in [9.17, 15) is 14.7 Å². The average molecular weight is 414 g/mol. The summed E-state index contributed by atoms with van der Waals surface area (Å²) in [6.07, 6.45) is 2.08. The molecule has 1 heterocycles. The summed E-state index contributed by atoms with van der Waals surface area (Å²) < 4.78 is 0. The van der Waals surface area contributed by atoms with E-state index in [1.807, 2.05) is 61.6 Å². The molecule has 0 bridgehead atoms. The van der Waals surface area contributed by atoms with Gasteiger partial charge in [0.25, 0.3) is 0 Å². The molecule has 2 aromatic rings. The fraction of sp³-hybridized carbons (Fsp3) is 0.364. The van der Waals surface area contributed by atoms with Crippen LogP contribution in [0.2, 0.25) is 0 Å². The van der Waals surface area contributed by atoms with Crippen molar-refractivity contribution in [3.63, 3.8) is 0 Å². The molecule has 0 fully saturated rings. The molecule has 2 aromatic carbocycles. The molecule has 0 aromatic heterocycles. The minimum absolute atomic E-state index is 0.0366. The molecule has 1 aliphatic heterocycles. The quantitative estimate of drug-likeness (QED) is 0.506. The van der Waals surface area contributed by atoms with E-state index in [4.69, 9.17) is 0 Å². The molecule has 7 heteroatoms. The van der Waals surface area contributed by atoms with Gasteiger partial charge in [-0.25, -0.2) is 0 Å². The lowest BCUT2D eigenvalue weighted by Gasteiger charge is -2.28. The average Bonchev–Trinajstić information content (AvgIpc) is 3.05. The highest BCUT2D eigenvalue weighted by atomic mass is 32.2. The second-order valence-electron chi connectivity index (χ2n) is 7.23. The van der Waals surface area contributed by atoms with Gasteiger partial charge in [0.2, 0.25) is 5.91 Å². The molecule has 1 amide bonds. The molecule has 0 radical (unpaired) electrons. The zero-order chi connectivity index (χ0) is 20.7. The van der Waals surface area contributed by atoms with Crippen molar-refractivity contribution in [3.05, 3.63) is 60.2 Å². The zero-order valence-electron chi connectivity index (χ0n) is 16.6. The maximum Gasteiger partial charge on any atom is 0.308 e. The number of amides is 1. The van der Waals surface area contributed by atoms with E-state index in [2.05, 4.69) is 10.6 Å². The number of carboxylic acid groups (broad SMARTS) is 1. The van der Waals surface area contributed by atoms with Gasteiger partial charge in [-0.15, -0.1) is 11.8 Å². The number of fused-ring (bicyclic) bond motifs is 1. The van der Waals surface area contributed by atoms with Crippen LogP contribution in [0.15, 0.2) is 54.6 Å². The van der Waals surface area contributed by atoms with Gasteiger partial charge in [-0.05, 0) is 36.3 Å². The summed E-state index contributed by atoms with van der Waals surface area (Å²) in [7, 11) is 1.83. The van der Waals surface area contributed by atoms with Crippen LogP contribution in [0.3, 0.4) is 0 Å². The van der Waals surface area contributed by atoms with Crippen LogP contribution in [-0.4, -0.2) is 39.7 Å². The summed E-state index contributed by atoms with van der Waals surface area (Å²) in [6.45, 7) is 0.613. The summed E-state index contributed by atoms with van der Waals surface area (Å²) >= 11 is 1.55. The van der Waals surface area contributed by atoms with Crippen molar-refractivity contribution < 1.29 is 14.7 Å². The second kappa shape index (κ2) is 9.69. The number of para-hydroxylation sites is 2. The first kappa shape index (κ1) is 21.0. The standard InChI is InChI=1S/C22H27N3O3S/c1-25(16-17-9-3-2-4-10-17)20(26)13-7-8-14-29-22(15-21(27)28)23-18-11-5-6-12-19(18)24-22/h2-6,9-12,23-24H,7-8,13-16H2,1H3,(H,27,28). The van der Waals surface area contributed by atoms with E-state index in [1.54, 1.807) is 16.7 Å². The summed E-state index contributed by atoms with van der Waals surface area (Å²) in [4.78, 5) is 24.7. The molecule has 29 heavy (non-hydrogen) atoms. The number of nitrogens with zero attached hydrogens (tertiary/aromatic N) is 1. The SMILES string of the molecule is CN(Cc1ccccc1)C(=O)CCCCSC1(CC(=O)O)Nc2ccccc2N1. The van der Waals surface area contributed by atoms with E-state index in [-0.39, 0.29) is 12.3 Å². The third-order valence-corrected chi connectivity index (χ3v) is 6.16. The molecule has 154 valence electrons. The van der Waals surface area contributed by atoms with E-state index >= 15 is 0 Å². The minimum Gasteiger partial charge on any atom is -0.481 e. The number of carbonyl (C=O) groups excluding carboxylic acids is 1. The number of hydrogen-bond acceptors (Lipinski definition) is 5. The largest absolute Gasteiger partial charge is 0.481 e. The Labute approximate surface area is 175 Å². The van der Waals surface area contributed by atoms with Crippen LogP contribution in [0, 0.1) is 0 Å². The number of rotatable bonds is 10. The monoisotopic (exact) mass is 413 g/mol. The highest BCUT2D eigenvalue weighted by molar-refractivity contribution is 8.00. The molecule has 0 aliphatic carbocycles. The molecule has 0 saturated heterocycles. The van der Waals surface area contributed by atoms with E-state index in [1.165, 1.54) is 0 Å². The molecule has 3 rings (SSSR count). The van der Waals surface area contributed by atoms with Crippen molar-refractivity contribution in [3.8, 4) is 0 Å². The normalized spacial score (nSPS) is 13.8. The van der Waals surface area contributed by atoms with Gasteiger partial charge >= 0.3 is 5.97 Å². The van der Waals surface area contributed by atoms with Gasteiger partial charge in [0.1, 0.15) is 0 Å². The summed E-state index contributed by atoms with van der Waals surface area (Å²) in [5.41, 5.74) is 2.95. The first-order valence-electron chi connectivity index (χ1n) is 9.76. The van der Waals surface area contributed by atoms with Gasteiger partial charge in [0.15, 0.2) is 4.99 Å². The third kappa shape index (κ3) is 5.90. The summed E-state index contributed by atoms with van der Waals surface area (Å²) in [6, 6.07) is 17.7. The van der Waals surface area contributed by atoms with Crippen molar-refractivity contribution in [2.45, 2.75) is 37.2 Å². The fourth-order valence-corrected chi connectivity index (χ4v) is 4.64. The topological polar surface area (TPSA) is 81.7 Å². The molecule has 3 N–H and O–H groups in total. The number of anilines is 2. The number of unbranched alkanes of at least 4 members (excludes halogenated alkanes) is 1. The van der Waals surface area contributed by atoms with Gasteiger partial charge in [-0.3, -0.25) is 9.59 Å². The van der Waals surface area contributed by atoms with Crippen molar-refractivity contribution in [2.24, 2.45) is 0 Å². The lowest BCUT2D eigenvalue weighted by atomic mass is 10.2. The number of nitrogens with one attached hydrogen (secondary N) is 2. The van der Waals surface area contributed by atoms with Crippen LogP contribution in [0.4, 0.5) is 11.4 Å². The van der Waals surface area contributed by atoms with Crippen molar-refractivity contribution >= 4 is 35.0 Å². The highest BCUT2D eigenvalue weighted by Gasteiger charge is 2.38. The number of thioether (sulfide) groups is 1. The van der Waals surface area contributed by atoms with Gasteiger partial charge in [-0.2, -0.15) is 0 Å². The molecule has 1 aliphatic rings. The smallest absolute Gasteiger partial charge is 0.308 e. The van der Waals surface area contributed by atoms with Crippen molar-refractivity contribution in [2.75, 3.05) is 23.4 Å². The maximum absolute atomic E-state index is 12.3. The fourth-order valence-electron chi connectivity index (χ4n) is 3.35. The summed E-state index contributed by atoms with van der Waals surface area (Å²) in [5.74, 6) is 0.0309. The Morgan fingerprint density at radius 3 is 2.24 bits per heavy atom. The predicted molar refractivity (Wildman–Crippen MR) is 118 cm³/mol. The molecule has 0 unspecified atom stereocenters. The zero-order valence-corrected chi connectivity index (χ0v) is 17.4. The van der Waals surface area contributed by atoms with Gasteiger partial charge in [0.05, 0.1) is 17.8 Å². The molecule has 6 nitrogen and oxygen atoms in total. The molecular formula is C22H27N3O3S. The third-order valence-electron chi connectivity index (χ3n) is 4.82. The van der Waals surface area contributed by atoms with E-state index in [0.29, 0.717) is 13.0 Å². The highest BCUT2D eigenvalue weighted by Crippen LogP contribution is 2.41. The van der Waals surface area contributed by atoms with E-state index < -0.39 is 11.0 Å². The lowest BCUT2D eigenvalue weighted by molar-refractivity contribution is -0.137. The molecule has 0 spiro atoms. The first-order chi connectivity index (χ1) is 14.0. The predicted octanol–water partition coefficient (Wildman–Crippen LogP) is 4.21. The second-order valence-corrected chi connectivity index (χ2v) is 8.63. The Hall–Kier alpha value is -2.67. The molecule has 0 saturated carbocycles. The maximum atomic E-state index is 12.3. The molecule has 0 atom stereocenters. The Morgan fingerprint density at radius 1 is 1.00 bits per heavy atom. The Balaban J connectivity index is 1.42. The van der Waals surface area contributed by atoms with Crippen LogP contribution >= 0.6 is 11.8 Å². The number of benzene rings is 2. The lowest BCUT2D eigenvalue weighted by Crippen LogP contribution is -2.40. The van der Waals surface area contributed by atoms with Crippen LogP contribution in [-0.2, 0) is 16.1 Å². The van der Waals surface area contributed by atoms with Gasteiger partial charge in [-0.1, -0.05) is 42.5 Å². The summed E-state index contributed by atoms with van der Waals surface area (Å²) in [5, 5.41) is 16.0. The Kier molecular flexibility index (Phi) is 7.04. The Bertz CT molecular complexity index is 819. The minimum atomic E-state index is -0.858. The van der Waals surface area contributed by atoms with Crippen LogP contribution in [0.5, 0.6) is 0 Å². The number of hydrogen-bond donors (Lipinski definition) is 3. The molecular weight excluding hydrogens is 386 g/mol. The van der Waals surface area contributed by atoms with Crippen LogP contribution < -0.4 is 10.6 Å². The number of carboxylic acids is 1. The van der Waals surface area contributed by atoms with Crippen LogP contribution in [0.1, 0.15) is 31.2 Å². The Morgan fingerprint density at radius 2 is 1.62 bits per heavy atom. The van der Waals surface area contributed by atoms with Crippen molar-refractivity contribution in [1.29, 1.82) is 0 Å². The van der Waals surface area contributed by atoms with Crippen molar-refractivity contribution in [1.82, 2.24) is 4.90 Å². The van der Waals surface area contributed by atoms with E-state index in [0.717, 1.165) is 35.5 Å².